The number of H-pyrrole nitrogens is 2. The number of ketones is 1. The van der Waals surface area contributed by atoms with Crippen molar-refractivity contribution in [2.24, 2.45) is 17.8 Å². The molecule has 3 atom stereocenters. The molecular weight excluding hydrogens is 244 g/mol. The van der Waals surface area contributed by atoms with Crippen LogP contribution >= 0.6 is 12.2 Å². The Bertz CT molecular complexity index is 566. The molecule has 0 aliphatic heterocycles. The molecule has 18 heavy (non-hydrogen) atoms. The molecule has 1 aromatic rings. The van der Waals surface area contributed by atoms with Gasteiger partial charge in [0.1, 0.15) is 5.78 Å². The number of imidazole rings is 1. The minimum atomic E-state index is 0.0932. The first-order valence-corrected chi connectivity index (χ1v) is 6.80. The second-order valence-electron chi connectivity index (χ2n) is 5.11. The summed E-state index contributed by atoms with van der Waals surface area (Å²) in [5.74, 6) is 1.02. The van der Waals surface area contributed by atoms with Gasteiger partial charge in [0.2, 0.25) is 0 Å². The predicted octanol–water partition coefficient (Wildman–Crippen LogP) is 2.95. The average molecular weight is 260 g/mol. The zero-order valence-electron chi connectivity index (χ0n) is 10.1. The number of carbonyl (C=O) groups excluding carboxylic acids is 1. The highest BCUT2D eigenvalue weighted by Crippen LogP contribution is 2.35. The number of aromatic nitrogens is 2. The third-order valence-corrected chi connectivity index (χ3v) is 4.17. The lowest BCUT2D eigenvalue weighted by Crippen LogP contribution is -2.35. The molecule has 0 aromatic carbocycles. The molecule has 0 saturated heterocycles. The van der Waals surface area contributed by atoms with E-state index in [0.29, 0.717) is 16.5 Å². The molecule has 1 fully saturated rings. The highest BCUT2D eigenvalue weighted by atomic mass is 32.1. The van der Waals surface area contributed by atoms with E-state index in [0.717, 1.165) is 25.0 Å². The summed E-state index contributed by atoms with van der Waals surface area (Å²) in [7, 11) is 0. The highest BCUT2D eigenvalue weighted by Gasteiger charge is 2.36. The summed E-state index contributed by atoms with van der Waals surface area (Å²) in [4.78, 5) is 18.5. The number of hydrogen-bond acceptors (Lipinski definition) is 2. The van der Waals surface area contributed by atoms with E-state index in [9.17, 15) is 4.79 Å². The molecule has 2 N–H and O–H groups in total. The number of aromatic amines is 2. The van der Waals surface area contributed by atoms with Crippen LogP contribution in [-0.4, -0.2) is 15.8 Å². The Labute approximate surface area is 111 Å². The fourth-order valence-electron chi connectivity index (χ4n) is 2.99. The zero-order valence-corrected chi connectivity index (χ0v) is 10.9. The second-order valence-corrected chi connectivity index (χ2v) is 5.52. The fourth-order valence-corrected chi connectivity index (χ4v) is 3.18. The third kappa shape index (κ3) is 2.12. The van der Waals surface area contributed by atoms with Gasteiger partial charge >= 0.3 is 0 Å². The first-order chi connectivity index (χ1) is 8.74. The van der Waals surface area contributed by atoms with Gasteiger partial charge in [-0.1, -0.05) is 24.3 Å². The van der Waals surface area contributed by atoms with Crippen molar-refractivity contribution in [2.75, 3.05) is 0 Å². The molecular formula is C14H16N2OS. The van der Waals surface area contributed by atoms with Crippen molar-refractivity contribution in [3.63, 3.8) is 0 Å². The maximum atomic E-state index is 12.4. The number of hydrogen-bond donors (Lipinski definition) is 2. The molecule has 4 heteroatoms. The Balaban J connectivity index is 1.75. The fraction of sp³-hybridized carbons (Fsp3) is 0.429. The Morgan fingerprint density at radius 1 is 1.28 bits per heavy atom. The highest BCUT2D eigenvalue weighted by molar-refractivity contribution is 7.71. The van der Waals surface area contributed by atoms with Gasteiger partial charge in [-0.2, -0.15) is 0 Å². The van der Waals surface area contributed by atoms with Gasteiger partial charge in [-0.3, -0.25) is 4.79 Å². The van der Waals surface area contributed by atoms with E-state index in [2.05, 4.69) is 28.2 Å². The van der Waals surface area contributed by atoms with E-state index in [1.165, 1.54) is 0 Å². The molecule has 0 spiro atoms. The molecule has 1 heterocycles. The van der Waals surface area contributed by atoms with Crippen LogP contribution in [0.3, 0.4) is 0 Å². The van der Waals surface area contributed by atoms with Crippen molar-refractivity contribution >= 4 is 18.0 Å². The van der Waals surface area contributed by atoms with Crippen LogP contribution in [-0.2, 0) is 11.2 Å². The van der Waals surface area contributed by atoms with Crippen LogP contribution in [0, 0.1) is 22.5 Å². The average Bonchev–Trinajstić information content (AvgIpc) is 2.79. The minimum absolute atomic E-state index is 0.0932. The molecule has 2 aliphatic rings. The lowest BCUT2D eigenvalue weighted by molar-refractivity contribution is -0.128. The quantitative estimate of drug-likeness (QED) is 0.803. The molecule has 0 radical (unpaired) electrons. The summed E-state index contributed by atoms with van der Waals surface area (Å²) in [5.41, 5.74) is 1.03. The zero-order chi connectivity index (χ0) is 12.5. The summed E-state index contributed by atoms with van der Waals surface area (Å²) in [6.07, 6.45) is 13.0. The van der Waals surface area contributed by atoms with Gasteiger partial charge in [-0.25, -0.2) is 0 Å². The minimum Gasteiger partial charge on any atom is -0.337 e. The number of allylic oxidation sites excluding steroid dienone is 4. The topological polar surface area (TPSA) is 48.6 Å². The van der Waals surface area contributed by atoms with E-state index in [1.54, 1.807) is 0 Å². The number of rotatable bonds is 2. The van der Waals surface area contributed by atoms with Gasteiger partial charge < -0.3 is 9.97 Å². The van der Waals surface area contributed by atoms with Gasteiger partial charge in [0.05, 0.1) is 0 Å². The largest absolute Gasteiger partial charge is 0.337 e. The van der Waals surface area contributed by atoms with E-state index < -0.39 is 0 Å². The first kappa shape index (κ1) is 11.7. The smallest absolute Gasteiger partial charge is 0.174 e. The van der Waals surface area contributed by atoms with Crippen LogP contribution in [0.4, 0.5) is 0 Å². The third-order valence-electron chi connectivity index (χ3n) is 3.95. The number of nitrogens with one attached hydrogen (secondary N) is 2. The Morgan fingerprint density at radius 2 is 2.11 bits per heavy atom. The predicted molar refractivity (Wildman–Crippen MR) is 72.7 cm³/mol. The molecule has 0 bridgehead atoms. The van der Waals surface area contributed by atoms with E-state index >= 15 is 0 Å². The van der Waals surface area contributed by atoms with Crippen LogP contribution < -0.4 is 0 Å². The normalized spacial score (nSPS) is 30.4. The van der Waals surface area contributed by atoms with Gasteiger partial charge in [-0.15, -0.1) is 0 Å². The van der Waals surface area contributed by atoms with Crippen molar-refractivity contribution < 1.29 is 4.79 Å². The summed E-state index contributed by atoms with van der Waals surface area (Å²) < 4.78 is 0.631. The number of fused-ring (bicyclic) bond motifs is 1. The summed E-state index contributed by atoms with van der Waals surface area (Å²) >= 11 is 5.01. The van der Waals surface area contributed by atoms with Crippen molar-refractivity contribution in [1.29, 1.82) is 0 Å². The van der Waals surface area contributed by atoms with Crippen LogP contribution in [0.15, 0.2) is 30.5 Å². The van der Waals surface area contributed by atoms with Gasteiger partial charge in [0.15, 0.2) is 4.77 Å². The SMILES string of the molecule is O=C1C2C=CC=CC2CC[C@@H]1Cc1c[nH]c(=S)[nH]1. The van der Waals surface area contributed by atoms with Gasteiger partial charge in [0.25, 0.3) is 0 Å². The van der Waals surface area contributed by atoms with Gasteiger partial charge in [0, 0.05) is 23.7 Å². The van der Waals surface area contributed by atoms with Crippen LogP contribution in [0.2, 0.25) is 0 Å². The summed E-state index contributed by atoms with van der Waals surface area (Å²) in [5, 5.41) is 0. The summed E-state index contributed by atoms with van der Waals surface area (Å²) in [6.45, 7) is 0. The Kier molecular flexibility index (Phi) is 3.04. The molecule has 3 rings (SSSR count). The monoisotopic (exact) mass is 260 g/mol. The Hall–Kier alpha value is -1.42. The van der Waals surface area contributed by atoms with Gasteiger partial charge in [-0.05, 0) is 37.4 Å². The lowest BCUT2D eigenvalue weighted by Gasteiger charge is -2.32. The molecule has 94 valence electrons. The Morgan fingerprint density at radius 3 is 2.89 bits per heavy atom. The van der Waals surface area contributed by atoms with Crippen LogP contribution in [0.1, 0.15) is 18.5 Å². The summed E-state index contributed by atoms with van der Waals surface area (Å²) in [6, 6.07) is 0. The molecule has 2 aliphatic carbocycles. The molecule has 1 aromatic heterocycles. The van der Waals surface area contributed by atoms with Crippen LogP contribution in [0.5, 0.6) is 0 Å². The molecule has 2 unspecified atom stereocenters. The number of carbonyl (C=O) groups is 1. The molecule has 0 amide bonds. The van der Waals surface area contributed by atoms with E-state index in [1.807, 2.05) is 12.3 Å². The molecule has 3 nitrogen and oxygen atoms in total. The van der Waals surface area contributed by atoms with E-state index in [4.69, 9.17) is 12.2 Å². The molecule has 1 saturated carbocycles. The van der Waals surface area contributed by atoms with Crippen molar-refractivity contribution in [3.05, 3.63) is 41.0 Å². The van der Waals surface area contributed by atoms with Crippen molar-refractivity contribution in [1.82, 2.24) is 9.97 Å². The first-order valence-electron chi connectivity index (χ1n) is 6.39. The lowest BCUT2D eigenvalue weighted by atomic mass is 9.70. The standard InChI is InChI=1S/C14H16N2OS/c17-13-10(7-11-8-15-14(18)16-11)6-5-9-3-1-2-4-12(9)13/h1-4,8-10,12H,5-7H2,(H2,15,16,18)/t9?,10-,12?/m1/s1. The van der Waals surface area contributed by atoms with E-state index in [-0.39, 0.29) is 11.8 Å². The number of Topliss-reactive ketones (excluding diaryl/α,β-unsaturated/α-hetero) is 1. The maximum Gasteiger partial charge on any atom is 0.174 e. The second kappa shape index (κ2) is 4.69. The van der Waals surface area contributed by atoms with Crippen LogP contribution in [0.25, 0.3) is 0 Å². The van der Waals surface area contributed by atoms with Crippen molar-refractivity contribution in [2.45, 2.75) is 19.3 Å². The maximum absolute atomic E-state index is 12.4. The van der Waals surface area contributed by atoms with Crippen molar-refractivity contribution in [3.8, 4) is 0 Å².